The van der Waals surface area contributed by atoms with E-state index in [1.54, 1.807) is 12.1 Å². The molecule has 1 aromatic rings. The van der Waals surface area contributed by atoms with Crippen molar-refractivity contribution in [1.82, 2.24) is 4.98 Å². The summed E-state index contributed by atoms with van der Waals surface area (Å²) in [4.78, 5) is 38.1. The Hall–Kier alpha value is -2.48. The van der Waals surface area contributed by atoms with Crippen molar-refractivity contribution in [3.8, 4) is 5.88 Å². The smallest absolute Gasteiger partial charge is 0.308 e. The molecule has 1 aliphatic rings. The van der Waals surface area contributed by atoms with Gasteiger partial charge in [-0.3, -0.25) is 14.4 Å². The molecule has 0 spiro atoms. The van der Waals surface area contributed by atoms with Gasteiger partial charge in [-0.1, -0.05) is 0 Å². The molecule has 0 unspecified atom stereocenters. The lowest BCUT2D eigenvalue weighted by Gasteiger charge is -2.27. The van der Waals surface area contributed by atoms with Gasteiger partial charge in [-0.2, -0.15) is 0 Å². The van der Waals surface area contributed by atoms with Gasteiger partial charge in [0.05, 0.1) is 31.5 Å². The zero-order valence-electron chi connectivity index (χ0n) is 13.5. The lowest BCUT2D eigenvalue weighted by Crippen LogP contribution is -2.29. The molecule has 3 N–H and O–H groups in total. The van der Waals surface area contributed by atoms with Crippen LogP contribution in [0.25, 0.3) is 0 Å². The third kappa shape index (κ3) is 4.76. The van der Waals surface area contributed by atoms with Gasteiger partial charge in [0.15, 0.2) is 0 Å². The SMILES string of the molecule is COC(=O)C1CCC(Oc2ccc(NC(=O)C(=O)CN)cn2)CC1. The first-order valence-corrected chi connectivity index (χ1v) is 7.78. The summed E-state index contributed by atoms with van der Waals surface area (Å²) in [6.07, 6.45) is 4.38. The fourth-order valence-corrected chi connectivity index (χ4v) is 2.57. The Kier molecular flexibility index (Phi) is 6.25. The van der Waals surface area contributed by atoms with Crippen LogP contribution in [-0.2, 0) is 19.1 Å². The van der Waals surface area contributed by atoms with Crippen LogP contribution >= 0.6 is 0 Å². The molecular formula is C16H21N3O5. The number of amides is 1. The number of methoxy groups -OCH3 is 1. The normalized spacial score (nSPS) is 20.1. The van der Waals surface area contributed by atoms with Crippen molar-refractivity contribution < 1.29 is 23.9 Å². The van der Waals surface area contributed by atoms with E-state index in [9.17, 15) is 14.4 Å². The van der Waals surface area contributed by atoms with Crippen LogP contribution in [0.2, 0.25) is 0 Å². The van der Waals surface area contributed by atoms with E-state index in [0.717, 1.165) is 25.7 Å². The molecular weight excluding hydrogens is 314 g/mol. The number of pyridine rings is 1. The van der Waals surface area contributed by atoms with Crippen LogP contribution in [0, 0.1) is 5.92 Å². The Labute approximate surface area is 139 Å². The highest BCUT2D eigenvalue weighted by atomic mass is 16.5. The van der Waals surface area contributed by atoms with Crippen molar-refractivity contribution in [3.63, 3.8) is 0 Å². The van der Waals surface area contributed by atoms with Crippen LogP contribution in [0.3, 0.4) is 0 Å². The van der Waals surface area contributed by atoms with Gasteiger partial charge in [0, 0.05) is 6.07 Å². The number of nitrogens with zero attached hydrogens (tertiary/aromatic N) is 1. The number of nitrogens with one attached hydrogen (secondary N) is 1. The minimum atomic E-state index is -0.769. The van der Waals surface area contributed by atoms with Gasteiger partial charge in [0.25, 0.3) is 5.91 Å². The minimum Gasteiger partial charge on any atom is -0.474 e. The third-order valence-corrected chi connectivity index (χ3v) is 3.93. The van der Waals surface area contributed by atoms with Crippen molar-refractivity contribution in [2.24, 2.45) is 11.7 Å². The van der Waals surface area contributed by atoms with E-state index in [1.165, 1.54) is 13.3 Å². The Bertz CT molecular complexity index is 594. The topological polar surface area (TPSA) is 121 Å². The number of hydrogen-bond acceptors (Lipinski definition) is 7. The number of ketones is 1. The number of aromatic nitrogens is 1. The zero-order valence-corrected chi connectivity index (χ0v) is 13.5. The van der Waals surface area contributed by atoms with E-state index in [1.807, 2.05) is 0 Å². The number of ether oxygens (including phenoxy) is 2. The third-order valence-electron chi connectivity index (χ3n) is 3.93. The number of Topliss-reactive ketones (excluding diaryl/α,β-unsaturated/α-hetero) is 1. The van der Waals surface area contributed by atoms with Crippen molar-refractivity contribution >= 4 is 23.3 Å². The summed E-state index contributed by atoms with van der Waals surface area (Å²) in [6, 6.07) is 3.22. The van der Waals surface area contributed by atoms with Crippen LogP contribution in [-0.4, -0.2) is 42.4 Å². The maximum Gasteiger partial charge on any atom is 0.308 e. The fourth-order valence-electron chi connectivity index (χ4n) is 2.57. The van der Waals surface area contributed by atoms with Gasteiger partial charge >= 0.3 is 5.97 Å². The molecule has 24 heavy (non-hydrogen) atoms. The number of nitrogens with two attached hydrogens (primary N) is 1. The molecule has 0 saturated heterocycles. The van der Waals surface area contributed by atoms with Gasteiger partial charge in [-0.25, -0.2) is 4.98 Å². The number of carbonyl (C=O) groups excluding carboxylic acids is 3. The summed E-state index contributed by atoms with van der Waals surface area (Å²) in [5.74, 6) is -1.26. The largest absolute Gasteiger partial charge is 0.474 e. The summed E-state index contributed by atoms with van der Waals surface area (Å²) in [7, 11) is 1.40. The van der Waals surface area contributed by atoms with E-state index in [-0.39, 0.29) is 24.5 Å². The van der Waals surface area contributed by atoms with Gasteiger partial charge in [-0.15, -0.1) is 0 Å². The molecule has 1 aliphatic carbocycles. The van der Waals surface area contributed by atoms with Crippen molar-refractivity contribution in [1.29, 1.82) is 0 Å². The summed E-state index contributed by atoms with van der Waals surface area (Å²) in [6.45, 7) is -0.339. The van der Waals surface area contributed by atoms with Crippen molar-refractivity contribution in [3.05, 3.63) is 18.3 Å². The first kappa shape index (κ1) is 17.9. The second-order valence-corrected chi connectivity index (χ2v) is 5.58. The van der Waals surface area contributed by atoms with Crippen LogP contribution in [0.5, 0.6) is 5.88 Å². The molecule has 0 aliphatic heterocycles. The number of esters is 1. The standard InChI is InChI=1S/C16H21N3O5/c1-23-16(22)10-2-5-12(6-3-10)24-14-7-4-11(9-18-14)19-15(21)13(20)8-17/h4,7,9-10,12H,2-3,5-6,8,17H2,1H3,(H,19,21). The Morgan fingerprint density at radius 2 is 1.96 bits per heavy atom. The highest BCUT2D eigenvalue weighted by molar-refractivity contribution is 6.41. The molecule has 0 radical (unpaired) electrons. The Morgan fingerprint density at radius 3 is 2.50 bits per heavy atom. The van der Waals surface area contributed by atoms with Crippen LogP contribution in [0.15, 0.2) is 18.3 Å². The number of rotatable bonds is 6. The van der Waals surface area contributed by atoms with Crippen LogP contribution in [0.4, 0.5) is 5.69 Å². The van der Waals surface area contributed by atoms with E-state index >= 15 is 0 Å². The van der Waals surface area contributed by atoms with Gasteiger partial charge in [0.1, 0.15) is 6.10 Å². The highest BCUT2D eigenvalue weighted by Crippen LogP contribution is 2.28. The van der Waals surface area contributed by atoms with E-state index in [2.05, 4.69) is 10.3 Å². The molecule has 1 aromatic heterocycles. The van der Waals surface area contributed by atoms with Crippen LogP contribution in [0.1, 0.15) is 25.7 Å². The second-order valence-electron chi connectivity index (χ2n) is 5.58. The molecule has 1 heterocycles. The fraction of sp³-hybridized carbons (Fsp3) is 0.500. The summed E-state index contributed by atoms with van der Waals surface area (Å²) >= 11 is 0. The van der Waals surface area contributed by atoms with Gasteiger partial charge in [-0.05, 0) is 31.7 Å². The highest BCUT2D eigenvalue weighted by Gasteiger charge is 2.28. The van der Waals surface area contributed by atoms with Gasteiger partial charge < -0.3 is 20.5 Å². The minimum absolute atomic E-state index is 0.00216. The predicted octanol–water partition coefficient (Wildman–Crippen LogP) is 0.658. The van der Waals surface area contributed by atoms with E-state index < -0.39 is 11.7 Å². The molecule has 1 saturated carbocycles. The summed E-state index contributed by atoms with van der Waals surface area (Å²) in [5.41, 5.74) is 5.51. The molecule has 8 heteroatoms. The molecule has 0 aromatic carbocycles. The first-order chi connectivity index (χ1) is 11.5. The van der Waals surface area contributed by atoms with E-state index in [4.69, 9.17) is 15.2 Å². The van der Waals surface area contributed by atoms with Crippen molar-refractivity contribution in [2.45, 2.75) is 31.8 Å². The molecule has 130 valence electrons. The number of hydrogen-bond donors (Lipinski definition) is 2. The molecule has 1 amide bonds. The maximum atomic E-state index is 11.5. The lowest BCUT2D eigenvalue weighted by atomic mass is 9.87. The van der Waals surface area contributed by atoms with Crippen LogP contribution < -0.4 is 15.8 Å². The Balaban J connectivity index is 1.83. The number of carbonyl (C=O) groups is 3. The van der Waals surface area contributed by atoms with Crippen molar-refractivity contribution in [2.75, 3.05) is 19.0 Å². The first-order valence-electron chi connectivity index (χ1n) is 7.78. The molecule has 1 fully saturated rings. The molecule has 0 atom stereocenters. The maximum absolute atomic E-state index is 11.5. The van der Waals surface area contributed by atoms with E-state index in [0.29, 0.717) is 11.6 Å². The summed E-state index contributed by atoms with van der Waals surface area (Å²) < 4.78 is 10.5. The molecule has 8 nitrogen and oxygen atoms in total. The average Bonchev–Trinajstić information content (AvgIpc) is 2.62. The van der Waals surface area contributed by atoms with Gasteiger partial charge in [0.2, 0.25) is 11.7 Å². The average molecular weight is 335 g/mol. The molecule has 2 rings (SSSR count). The lowest BCUT2D eigenvalue weighted by molar-refractivity contribution is -0.147. The zero-order chi connectivity index (χ0) is 17.5. The number of anilines is 1. The Morgan fingerprint density at radius 1 is 1.25 bits per heavy atom. The predicted molar refractivity (Wildman–Crippen MR) is 85.3 cm³/mol. The second kappa shape index (κ2) is 8.39. The quantitative estimate of drug-likeness (QED) is 0.578. The monoisotopic (exact) mass is 335 g/mol. The molecule has 0 bridgehead atoms. The summed E-state index contributed by atoms with van der Waals surface area (Å²) in [5, 5.41) is 2.41.